The minimum absolute atomic E-state index is 0.173. The van der Waals surface area contributed by atoms with Crippen LogP contribution < -0.4 is 0 Å². The van der Waals surface area contributed by atoms with Crippen molar-refractivity contribution in [3.8, 4) is 0 Å². The Morgan fingerprint density at radius 1 is 0.848 bits per heavy atom. The fourth-order valence-corrected chi connectivity index (χ4v) is 6.39. The molecule has 0 N–H and O–H groups in total. The van der Waals surface area contributed by atoms with Gasteiger partial charge in [0, 0.05) is 17.2 Å². The molecule has 2 aliphatic carbocycles. The number of ether oxygens (including phenoxy) is 1. The molecule has 33 heavy (non-hydrogen) atoms. The lowest BCUT2D eigenvalue weighted by Gasteiger charge is -2.33. The van der Waals surface area contributed by atoms with Crippen molar-refractivity contribution in [1.29, 1.82) is 0 Å². The summed E-state index contributed by atoms with van der Waals surface area (Å²) in [5, 5.41) is 0. The van der Waals surface area contributed by atoms with E-state index in [9.17, 15) is 19.2 Å². The number of hydrogen-bond acceptors (Lipinski definition) is 5. The average Bonchev–Trinajstić information content (AvgIpc) is 3.40. The topological polar surface area (TPSA) is 80.8 Å². The Hall–Kier alpha value is -3.12. The van der Waals surface area contributed by atoms with Crippen molar-refractivity contribution in [3.05, 3.63) is 70.8 Å². The number of imide groups is 1. The third kappa shape index (κ3) is 2.64. The van der Waals surface area contributed by atoms with Crippen molar-refractivity contribution in [2.45, 2.75) is 56.8 Å². The van der Waals surface area contributed by atoms with E-state index in [1.165, 1.54) is 4.90 Å². The molecule has 2 saturated heterocycles. The predicted molar refractivity (Wildman–Crippen MR) is 119 cm³/mol. The van der Waals surface area contributed by atoms with E-state index in [0.29, 0.717) is 5.56 Å². The zero-order valence-corrected chi connectivity index (χ0v) is 18.5. The summed E-state index contributed by atoms with van der Waals surface area (Å²) < 4.78 is 6.33. The van der Waals surface area contributed by atoms with Crippen molar-refractivity contribution in [2.24, 2.45) is 11.8 Å². The third-order valence-electron chi connectivity index (χ3n) is 7.86. The first-order valence-corrected chi connectivity index (χ1v) is 11.7. The second-order valence-corrected chi connectivity index (χ2v) is 9.73. The fourth-order valence-electron chi connectivity index (χ4n) is 6.39. The molecule has 2 aliphatic heterocycles. The van der Waals surface area contributed by atoms with Gasteiger partial charge in [-0.05, 0) is 25.3 Å². The summed E-state index contributed by atoms with van der Waals surface area (Å²) in [6.45, 7) is 1.93. The zero-order valence-electron chi connectivity index (χ0n) is 18.5. The normalized spacial score (nSPS) is 28.6. The van der Waals surface area contributed by atoms with E-state index in [2.05, 4.69) is 0 Å². The van der Waals surface area contributed by atoms with Crippen molar-refractivity contribution in [3.63, 3.8) is 0 Å². The van der Waals surface area contributed by atoms with Gasteiger partial charge in [0.15, 0.2) is 0 Å². The highest BCUT2D eigenvalue weighted by Gasteiger charge is 2.75. The molecule has 0 bridgehead atoms. The number of rotatable bonds is 2. The maximum absolute atomic E-state index is 13.9. The second-order valence-electron chi connectivity index (χ2n) is 9.73. The number of likely N-dealkylation sites (tertiary alicyclic amines) is 1. The van der Waals surface area contributed by atoms with Crippen LogP contribution >= 0.6 is 0 Å². The maximum atomic E-state index is 13.9. The molecule has 2 aromatic carbocycles. The number of amides is 2. The molecule has 0 radical (unpaired) electrons. The van der Waals surface area contributed by atoms with Gasteiger partial charge >= 0.3 is 0 Å². The summed E-state index contributed by atoms with van der Waals surface area (Å²) in [5.74, 6) is -3.76. The summed E-state index contributed by atoms with van der Waals surface area (Å²) in [7, 11) is 0. The summed E-state index contributed by atoms with van der Waals surface area (Å²) in [6, 6.07) is 14.0. The van der Waals surface area contributed by atoms with Gasteiger partial charge in [-0.1, -0.05) is 73.4 Å². The molecular weight excluding hydrogens is 418 g/mol. The van der Waals surface area contributed by atoms with E-state index in [1.807, 2.05) is 31.2 Å². The van der Waals surface area contributed by atoms with E-state index in [-0.39, 0.29) is 23.1 Å². The van der Waals surface area contributed by atoms with Gasteiger partial charge < -0.3 is 4.74 Å². The monoisotopic (exact) mass is 443 g/mol. The number of Topliss-reactive ketones (excluding diaryl/α,β-unsaturated/α-hetero) is 2. The van der Waals surface area contributed by atoms with Gasteiger partial charge in [-0.2, -0.15) is 0 Å². The van der Waals surface area contributed by atoms with Crippen molar-refractivity contribution in [2.75, 3.05) is 0 Å². The van der Waals surface area contributed by atoms with Gasteiger partial charge in [-0.3, -0.25) is 24.1 Å². The van der Waals surface area contributed by atoms with Crippen molar-refractivity contribution in [1.82, 2.24) is 4.90 Å². The molecule has 3 atom stereocenters. The van der Waals surface area contributed by atoms with Crippen LogP contribution in [0.4, 0.5) is 0 Å². The number of benzene rings is 2. The van der Waals surface area contributed by atoms with Crippen molar-refractivity contribution >= 4 is 23.4 Å². The molecule has 1 spiro atoms. The summed E-state index contributed by atoms with van der Waals surface area (Å²) >= 11 is 0. The molecule has 2 heterocycles. The van der Waals surface area contributed by atoms with E-state index in [4.69, 9.17) is 4.74 Å². The molecule has 6 heteroatoms. The average molecular weight is 443 g/mol. The van der Waals surface area contributed by atoms with Gasteiger partial charge in [0.2, 0.25) is 29.0 Å². The zero-order chi connectivity index (χ0) is 22.9. The van der Waals surface area contributed by atoms with Crippen LogP contribution in [-0.2, 0) is 14.3 Å². The molecular formula is C27H25NO5. The van der Waals surface area contributed by atoms with E-state index in [0.717, 1.165) is 37.7 Å². The summed E-state index contributed by atoms with van der Waals surface area (Å²) in [6.07, 6.45) is 3.71. The highest BCUT2D eigenvalue weighted by molar-refractivity contribution is 6.35. The first-order valence-electron chi connectivity index (χ1n) is 11.7. The molecule has 0 unspecified atom stereocenters. The Morgan fingerprint density at radius 3 is 2.15 bits per heavy atom. The number of hydrogen-bond donors (Lipinski definition) is 0. The maximum Gasteiger partial charge on any atom is 0.237 e. The quantitative estimate of drug-likeness (QED) is 0.521. The van der Waals surface area contributed by atoms with Crippen LogP contribution in [0, 0.1) is 18.8 Å². The predicted octanol–water partition coefficient (Wildman–Crippen LogP) is 3.82. The largest absolute Gasteiger partial charge is 0.349 e. The van der Waals surface area contributed by atoms with Crippen LogP contribution in [0.15, 0.2) is 48.5 Å². The SMILES string of the molecule is Cc1cccc([C@H]2OC3(C(=O)c4ccccc4C3=O)[C@@H]3C(=O)N(C4CCCCC4)C(=O)[C@@H]23)c1. The number of aryl methyl sites for hydroxylation is 1. The van der Waals surface area contributed by atoms with E-state index >= 15 is 0 Å². The van der Waals surface area contributed by atoms with Gasteiger partial charge in [0.1, 0.15) is 0 Å². The van der Waals surface area contributed by atoms with Crippen LogP contribution in [0.3, 0.4) is 0 Å². The van der Waals surface area contributed by atoms with Crippen LogP contribution in [0.1, 0.15) is 70.1 Å². The minimum atomic E-state index is -1.97. The Bertz CT molecular complexity index is 1180. The lowest BCUT2D eigenvalue weighted by molar-refractivity contribution is -0.148. The molecule has 0 aromatic heterocycles. The Balaban J connectivity index is 1.51. The molecule has 4 aliphatic rings. The minimum Gasteiger partial charge on any atom is -0.349 e. The third-order valence-corrected chi connectivity index (χ3v) is 7.86. The molecule has 2 aromatic rings. The van der Waals surface area contributed by atoms with Crippen LogP contribution in [-0.4, -0.2) is 39.9 Å². The number of fused-ring (bicyclic) bond motifs is 3. The smallest absolute Gasteiger partial charge is 0.237 e. The van der Waals surface area contributed by atoms with Gasteiger partial charge in [-0.15, -0.1) is 0 Å². The lowest BCUT2D eigenvalue weighted by Crippen LogP contribution is -2.52. The van der Waals surface area contributed by atoms with Gasteiger partial charge in [0.05, 0.1) is 17.9 Å². The molecule has 6 nitrogen and oxygen atoms in total. The Morgan fingerprint density at radius 2 is 1.52 bits per heavy atom. The second kappa shape index (κ2) is 7.19. The number of ketones is 2. The molecule has 6 rings (SSSR count). The fraction of sp³-hybridized carbons (Fsp3) is 0.407. The first-order chi connectivity index (χ1) is 15.9. The van der Waals surface area contributed by atoms with Gasteiger partial charge in [-0.25, -0.2) is 0 Å². The summed E-state index contributed by atoms with van der Waals surface area (Å²) in [5.41, 5.74) is 0.246. The van der Waals surface area contributed by atoms with Crippen molar-refractivity contribution < 1.29 is 23.9 Å². The molecule has 1 saturated carbocycles. The van der Waals surface area contributed by atoms with E-state index in [1.54, 1.807) is 24.3 Å². The van der Waals surface area contributed by atoms with Crippen LogP contribution in [0.2, 0.25) is 0 Å². The van der Waals surface area contributed by atoms with Crippen LogP contribution in [0.25, 0.3) is 0 Å². The van der Waals surface area contributed by atoms with Gasteiger partial charge in [0.25, 0.3) is 0 Å². The number of nitrogens with zero attached hydrogens (tertiary/aromatic N) is 1. The Labute approximate surface area is 191 Å². The molecule has 168 valence electrons. The number of carbonyl (C=O) groups excluding carboxylic acids is 4. The molecule has 2 amide bonds. The van der Waals surface area contributed by atoms with Crippen LogP contribution in [0.5, 0.6) is 0 Å². The lowest BCUT2D eigenvalue weighted by atomic mass is 9.77. The number of carbonyl (C=O) groups is 4. The highest BCUT2D eigenvalue weighted by Crippen LogP contribution is 2.57. The van der Waals surface area contributed by atoms with E-state index < -0.39 is 41.0 Å². The Kier molecular flexibility index (Phi) is 4.46. The standard InChI is InChI=1S/C27H25NO5/c1-15-8-7-9-16(14-15)22-20-21(26(32)28(25(20)31)17-10-3-2-4-11-17)27(33-22)23(29)18-12-5-6-13-19(18)24(27)30/h5-9,12-14,17,20-22H,2-4,10-11H2,1H3/t20-,21+,22-/m1/s1. The molecule has 3 fully saturated rings. The first kappa shape index (κ1) is 20.5. The summed E-state index contributed by atoms with van der Waals surface area (Å²) in [4.78, 5) is 56.5. The highest BCUT2D eigenvalue weighted by atomic mass is 16.5.